The van der Waals surface area contributed by atoms with Crippen LogP contribution in [-0.2, 0) is 23.9 Å². The Morgan fingerprint density at radius 3 is 1.45 bits per heavy atom. The fourth-order valence-corrected chi connectivity index (χ4v) is 7.32. The lowest BCUT2D eigenvalue weighted by Crippen LogP contribution is -2.37. The minimum absolute atomic E-state index is 0.00752. The third-order valence-corrected chi connectivity index (χ3v) is 9.52. The van der Waals surface area contributed by atoms with Gasteiger partial charge in [0.2, 0.25) is 11.8 Å². The van der Waals surface area contributed by atoms with Crippen molar-refractivity contribution in [3.05, 3.63) is 0 Å². The number of hydrogen-bond donors (Lipinski definition) is 1. The van der Waals surface area contributed by atoms with Gasteiger partial charge in [-0.3, -0.25) is 19.2 Å². The molecule has 4 aliphatic heterocycles. The molecule has 2 aliphatic carbocycles. The Morgan fingerprint density at radius 2 is 1.05 bits per heavy atom. The molecule has 0 bridgehead atoms. The van der Waals surface area contributed by atoms with Crippen molar-refractivity contribution in [2.45, 2.75) is 116 Å². The first-order chi connectivity index (χ1) is 18.4. The van der Waals surface area contributed by atoms with E-state index in [1.165, 1.54) is 38.8 Å². The highest BCUT2D eigenvalue weighted by Gasteiger charge is 2.43. The number of cyclic esters (lactones) is 2. The molecule has 0 aromatic rings. The van der Waals surface area contributed by atoms with Crippen LogP contribution in [-0.4, -0.2) is 72.8 Å². The monoisotopic (exact) mass is 531 g/mol. The zero-order chi connectivity index (χ0) is 26.8. The molecule has 2 amide bonds. The maximum Gasteiger partial charge on any atom is 0.314 e. The quantitative estimate of drug-likeness (QED) is 0.428. The summed E-state index contributed by atoms with van der Waals surface area (Å²) in [7, 11) is 0. The summed E-state index contributed by atoms with van der Waals surface area (Å²) in [5.74, 6) is -0.0615. The molecule has 214 valence electrons. The Hall–Kier alpha value is -1.96. The van der Waals surface area contributed by atoms with E-state index in [4.69, 9.17) is 0 Å². The summed E-state index contributed by atoms with van der Waals surface area (Å²) < 4.78 is 4.50. The first-order valence-corrected chi connectivity index (χ1v) is 15.4. The minimum Gasteiger partial charge on any atom is -0.393 e. The Labute approximate surface area is 228 Å². The Morgan fingerprint density at radius 1 is 0.632 bits per heavy atom. The van der Waals surface area contributed by atoms with E-state index < -0.39 is 0 Å². The van der Waals surface area contributed by atoms with Crippen LogP contribution < -0.4 is 5.32 Å². The van der Waals surface area contributed by atoms with Gasteiger partial charge in [0, 0.05) is 39.0 Å². The van der Waals surface area contributed by atoms with Crippen LogP contribution in [0.1, 0.15) is 116 Å². The van der Waals surface area contributed by atoms with Crippen molar-refractivity contribution in [3.8, 4) is 0 Å². The van der Waals surface area contributed by atoms with Crippen molar-refractivity contribution in [2.75, 3.05) is 39.3 Å². The fourth-order valence-electron chi connectivity index (χ4n) is 7.32. The second-order valence-electron chi connectivity index (χ2n) is 12.6. The summed E-state index contributed by atoms with van der Waals surface area (Å²) in [6.07, 6.45) is 18.3. The predicted molar refractivity (Wildman–Crippen MR) is 145 cm³/mol. The summed E-state index contributed by atoms with van der Waals surface area (Å²) >= 11 is 0. The summed E-state index contributed by atoms with van der Waals surface area (Å²) in [4.78, 5) is 51.0. The molecule has 6 fully saturated rings. The molecular weight excluding hydrogens is 482 g/mol. The largest absolute Gasteiger partial charge is 0.393 e. The molecule has 38 heavy (non-hydrogen) atoms. The van der Waals surface area contributed by atoms with Crippen LogP contribution in [0.4, 0.5) is 0 Å². The molecule has 6 aliphatic rings. The maximum atomic E-state index is 12.5. The molecule has 1 N–H and O–H groups in total. The molecule has 4 saturated heterocycles. The van der Waals surface area contributed by atoms with Gasteiger partial charge in [0.1, 0.15) is 0 Å². The van der Waals surface area contributed by atoms with Crippen molar-refractivity contribution in [1.29, 1.82) is 0 Å². The van der Waals surface area contributed by atoms with E-state index in [0.29, 0.717) is 37.5 Å². The number of nitrogens with zero attached hydrogens (tertiary/aromatic N) is 2. The van der Waals surface area contributed by atoms with Crippen molar-refractivity contribution < 1.29 is 23.9 Å². The molecule has 6 rings (SSSR count). The van der Waals surface area contributed by atoms with E-state index in [0.717, 1.165) is 90.4 Å². The van der Waals surface area contributed by atoms with Crippen molar-refractivity contribution in [1.82, 2.24) is 15.1 Å². The molecule has 8 heteroatoms. The zero-order valence-electron chi connectivity index (χ0n) is 23.4. The third kappa shape index (κ3) is 8.27. The molecule has 0 aromatic heterocycles. The summed E-state index contributed by atoms with van der Waals surface area (Å²) in [5.41, 5.74) is -0.0359. The normalized spacial score (nSPS) is 25.6. The van der Waals surface area contributed by atoms with E-state index >= 15 is 0 Å². The Balaban J connectivity index is 0.000000164. The molecule has 0 atom stereocenters. The molecule has 2 saturated carbocycles. The van der Waals surface area contributed by atoms with Gasteiger partial charge in [-0.15, -0.1) is 0 Å². The van der Waals surface area contributed by atoms with Crippen LogP contribution in [0.3, 0.4) is 0 Å². The molecule has 4 heterocycles. The van der Waals surface area contributed by atoms with E-state index in [1.54, 1.807) is 0 Å². The van der Waals surface area contributed by atoms with Crippen molar-refractivity contribution in [3.63, 3.8) is 0 Å². The number of rotatable bonds is 4. The van der Waals surface area contributed by atoms with Crippen LogP contribution in [0, 0.1) is 10.8 Å². The lowest BCUT2D eigenvalue weighted by atomic mass is 9.78. The minimum atomic E-state index is -0.326. The van der Waals surface area contributed by atoms with Gasteiger partial charge in [-0.1, -0.05) is 25.7 Å². The molecule has 8 nitrogen and oxygen atoms in total. The Kier molecular flexibility index (Phi) is 10.6. The molecule has 1 spiro atoms. The van der Waals surface area contributed by atoms with Gasteiger partial charge >= 0.3 is 11.9 Å². The zero-order valence-corrected chi connectivity index (χ0v) is 23.4. The first-order valence-electron chi connectivity index (χ1n) is 15.4. The number of esters is 2. The number of nitrogens with one attached hydrogen (secondary N) is 1. The fraction of sp³-hybridized carbons (Fsp3) is 0.867. The van der Waals surface area contributed by atoms with E-state index in [1.807, 2.05) is 9.80 Å². The van der Waals surface area contributed by atoms with Gasteiger partial charge < -0.3 is 19.9 Å². The first kappa shape index (κ1) is 29.0. The smallest absolute Gasteiger partial charge is 0.314 e. The van der Waals surface area contributed by atoms with Gasteiger partial charge in [0.25, 0.3) is 0 Å². The van der Waals surface area contributed by atoms with Gasteiger partial charge in [-0.2, -0.15) is 0 Å². The lowest BCUT2D eigenvalue weighted by molar-refractivity contribution is -0.169. The maximum absolute atomic E-state index is 12.5. The highest BCUT2D eigenvalue weighted by Crippen LogP contribution is 2.46. The van der Waals surface area contributed by atoms with Crippen molar-refractivity contribution >= 4 is 23.8 Å². The third-order valence-electron chi connectivity index (χ3n) is 9.52. The van der Waals surface area contributed by atoms with E-state index in [2.05, 4.69) is 10.1 Å². The standard InChI is InChI=1S/C17H28N2O2.C9H12O3.C4H9N/c20-15(18-9-3-4-10-18)13-17(7-1-2-8-17)14-16(21)19-11-5-6-12-19;10-7-5-9(3-1-2-4-9)6-8(11)12-7;1-2-4-5-3-1/h1-14H2;1-6H2;5H,1-4H2. The highest BCUT2D eigenvalue weighted by molar-refractivity contribution is 5.89. The van der Waals surface area contributed by atoms with Gasteiger partial charge in [-0.25, -0.2) is 0 Å². The van der Waals surface area contributed by atoms with Gasteiger partial charge in [0.15, 0.2) is 0 Å². The molecule has 0 aromatic carbocycles. The number of carbonyl (C=O) groups excluding carboxylic acids is 4. The number of hydrogen-bond acceptors (Lipinski definition) is 6. The van der Waals surface area contributed by atoms with Crippen LogP contribution in [0.2, 0.25) is 0 Å². The van der Waals surface area contributed by atoms with Gasteiger partial charge in [0.05, 0.1) is 12.8 Å². The van der Waals surface area contributed by atoms with Crippen LogP contribution in [0.5, 0.6) is 0 Å². The molecule has 0 radical (unpaired) electrons. The topological polar surface area (TPSA) is 96.0 Å². The van der Waals surface area contributed by atoms with Gasteiger partial charge in [-0.05, 0) is 88.1 Å². The van der Waals surface area contributed by atoms with Crippen LogP contribution >= 0.6 is 0 Å². The number of likely N-dealkylation sites (tertiary alicyclic amines) is 2. The summed E-state index contributed by atoms with van der Waals surface area (Å²) in [6, 6.07) is 0. The predicted octanol–water partition coefficient (Wildman–Crippen LogP) is 4.35. The number of ether oxygens (including phenoxy) is 1. The molecular formula is C30H49N3O5. The number of amides is 2. The van der Waals surface area contributed by atoms with E-state index in [9.17, 15) is 19.2 Å². The second-order valence-corrected chi connectivity index (χ2v) is 12.6. The average Bonchev–Trinajstić information content (AvgIpc) is 3.71. The number of carbonyl (C=O) groups is 4. The second kappa shape index (κ2) is 13.9. The van der Waals surface area contributed by atoms with Crippen LogP contribution in [0.25, 0.3) is 0 Å². The Bertz CT molecular complexity index is 758. The average molecular weight is 532 g/mol. The van der Waals surface area contributed by atoms with E-state index in [-0.39, 0.29) is 22.8 Å². The summed E-state index contributed by atoms with van der Waals surface area (Å²) in [6.45, 7) is 6.20. The molecule has 0 unspecified atom stereocenters. The van der Waals surface area contributed by atoms with Crippen molar-refractivity contribution in [2.24, 2.45) is 10.8 Å². The SMILES string of the molecule is C1CCNC1.O=C(CC1(CC(=O)N2CCCC2)CCCC1)N1CCCC1.O=C1CC2(CCCC2)CC(=O)O1. The van der Waals surface area contributed by atoms with Crippen LogP contribution in [0.15, 0.2) is 0 Å². The summed E-state index contributed by atoms with van der Waals surface area (Å²) in [5, 5.41) is 3.22. The lowest BCUT2D eigenvalue weighted by Gasteiger charge is -2.31. The highest BCUT2D eigenvalue weighted by atomic mass is 16.6.